The van der Waals surface area contributed by atoms with Crippen molar-refractivity contribution in [2.24, 2.45) is 5.73 Å². The van der Waals surface area contributed by atoms with E-state index in [1.165, 1.54) is 0 Å². The van der Waals surface area contributed by atoms with Crippen LogP contribution in [0.1, 0.15) is 41.5 Å². The van der Waals surface area contributed by atoms with E-state index in [4.69, 9.17) is 61.5 Å². The molecule has 0 aromatic carbocycles. The molecule has 2 aromatic heterocycles. The third-order valence-corrected chi connectivity index (χ3v) is 5.44. The normalized spacial score (nSPS) is 15.3. The van der Waals surface area contributed by atoms with Crippen LogP contribution in [0, 0.1) is 0 Å². The number of halogens is 3. The molecule has 2 amide bonds. The van der Waals surface area contributed by atoms with E-state index >= 15 is 0 Å². The lowest BCUT2D eigenvalue weighted by Crippen LogP contribution is -2.58. The summed E-state index contributed by atoms with van der Waals surface area (Å²) >= 11 is 16.3. The smallest absolute Gasteiger partial charge is 0.410 e. The number of anilines is 3. The van der Waals surface area contributed by atoms with Crippen LogP contribution < -0.4 is 22.5 Å². The van der Waals surface area contributed by atoms with E-state index in [9.17, 15) is 9.59 Å². The number of hydrogen-bond acceptors (Lipinski definition) is 14. The van der Waals surface area contributed by atoms with Crippen LogP contribution in [0.15, 0.2) is 0 Å². The standard InChI is InChI=1S/C11H17ClN6O2.C8H16N2O2.C3H2Cl2N4/c1-11(2,3)20-10(19)18-4-6(5-18)14-9-15-8(13)7(12)16-17-9;1-8(2,3)12-7(11)10-4-6(9)5-10;4-1-2(6)7-3(5)9-8-1/h6H,4-5H2,1-3H3,(H3,13,14,15,17);6H,4-5,9H2,1-3H3;(H2,6,7,9). The van der Waals surface area contributed by atoms with Gasteiger partial charge in [0.05, 0.1) is 6.04 Å². The fourth-order valence-corrected chi connectivity index (χ4v) is 3.20. The zero-order valence-corrected chi connectivity index (χ0v) is 25.8. The Kier molecular flexibility index (Phi) is 11.7. The number of carbonyl (C=O) groups excluding carboxylic acids is 2. The van der Waals surface area contributed by atoms with Crippen molar-refractivity contribution in [1.82, 2.24) is 40.2 Å². The molecule has 0 spiro atoms. The SMILES string of the molecule is CC(C)(C)OC(=O)N1CC(N)C1.CC(C)(C)OC(=O)N1CC(Nc2nnc(Cl)c(N)n2)C1.Nc1nc(Cl)nnc1Cl. The van der Waals surface area contributed by atoms with Crippen LogP contribution in [0.2, 0.25) is 15.6 Å². The van der Waals surface area contributed by atoms with Crippen molar-refractivity contribution >= 4 is 64.6 Å². The Morgan fingerprint density at radius 1 is 0.780 bits per heavy atom. The van der Waals surface area contributed by atoms with Crippen LogP contribution in [0.3, 0.4) is 0 Å². The number of hydrogen-bond donors (Lipinski definition) is 4. The molecule has 0 atom stereocenters. The molecule has 4 heterocycles. The zero-order valence-electron chi connectivity index (χ0n) is 23.6. The molecule has 228 valence electrons. The average Bonchev–Trinajstić information content (AvgIpc) is 2.77. The monoisotopic (exact) mass is 636 g/mol. The van der Waals surface area contributed by atoms with Crippen LogP contribution in [-0.4, -0.2) is 102 Å². The minimum Gasteiger partial charge on any atom is -0.444 e. The first-order chi connectivity index (χ1) is 18.8. The summed E-state index contributed by atoms with van der Waals surface area (Å²) in [5.41, 5.74) is 15.3. The molecule has 2 saturated heterocycles. The third kappa shape index (κ3) is 12.0. The molecule has 0 bridgehead atoms. The summed E-state index contributed by atoms with van der Waals surface area (Å²) in [5.74, 6) is 0.505. The Labute approximate surface area is 252 Å². The molecule has 0 aliphatic carbocycles. The Morgan fingerprint density at radius 2 is 1.22 bits per heavy atom. The van der Waals surface area contributed by atoms with Gasteiger partial charge in [-0.3, -0.25) is 0 Å². The van der Waals surface area contributed by atoms with Crippen LogP contribution in [0.5, 0.6) is 0 Å². The zero-order chi connectivity index (χ0) is 31.1. The molecule has 4 rings (SSSR count). The number of rotatable bonds is 2. The summed E-state index contributed by atoms with van der Waals surface area (Å²) in [5, 5.41) is 17.3. The molecule has 0 unspecified atom stereocenters. The van der Waals surface area contributed by atoms with Gasteiger partial charge in [-0.25, -0.2) is 9.59 Å². The third-order valence-electron chi connectivity index (χ3n) is 4.74. The second-order valence-corrected chi connectivity index (χ2v) is 12.0. The second-order valence-electron chi connectivity index (χ2n) is 10.9. The first-order valence-corrected chi connectivity index (χ1v) is 13.4. The fraction of sp³-hybridized carbons (Fsp3) is 0.636. The van der Waals surface area contributed by atoms with Gasteiger partial charge in [0.2, 0.25) is 11.2 Å². The maximum Gasteiger partial charge on any atom is 0.410 e. The van der Waals surface area contributed by atoms with Crippen LogP contribution >= 0.6 is 34.8 Å². The van der Waals surface area contributed by atoms with Crippen molar-refractivity contribution < 1.29 is 19.1 Å². The number of amides is 2. The van der Waals surface area contributed by atoms with Gasteiger partial charge in [-0.15, -0.1) is 20.4 Å². The minimum absolute atomic E-state index is 0.00287. The predicted molar refractivity (Wildman–Crippen MR) is 155 cm³/mol. The number of aromatic nitrogens is 6. The minimum atomic E-state index is -0.493. The molecule has 0 saturated carbocycles. The van der Waals surface area contributed by atoms with Crippen molar-refractivity contribution in [1.29, 1.82) is 0 Å². The fourth-order valence-electron chi connectivity index (χ4n) is 2.91. The summed E-state index contributed by atoms with van der Waals surface area (Å²) in [6.45, 7) is 13.3. The van der Waals surface area contributed by atoms with Crippen molar-refractivity contribution in [2.45, 2.75) is 64.8 Å². The highest BCUT2D eigenvalue weighted by Crippen LogP contribution is 2.19. The van der Waals surface area contributed by atoms with Gasteiger partial charge in [0.15, 0.2) is 21.9 Å². The molecule has 7 N–H and O–H groups in total. The average molecular weight is 638 g/mol. The van der Waals surface area contributed by atoms with Gasteiger partial charge in [0.25, 0.3) is 0 Å². The summed E-state index contributed by atoms with van der Waals surface area (Å²) in [6.07, 6.45) is -0.589. The Hall–Kier alpha value is -3.21. The summed E-state index contributed by atoms with van der Waals surface area (Å²) < 4.78 is 10.4. The van der Waals surface area contributed by atoms with Gasteiger partial charge in [0.1, 0.15) is 11.2 Å². The Bertz CT molecular complexity index is 1200. The number of nitrogens with one attached hydrogen (secondary N) is 1. The number of nitrogens with zero attached hydrogens (tertiary/aromatic N) is 8. The molecule has 2 fully saturated rings. The molecule has 16 nitrogen and oxygen atoms in total. The number of nitrogen functional groups attached to an aromatic ring is 2. The molecule has 2 aliphatic heterocycles. The second kappa shape index (κ2) is 14.1. The Balaban J connectivity index is 0.000000237. The largest absolute Gasteiger partial charge is 0.444 e. The highest BCUT2D eigenvalue weighted by Gasteiger charge is 2.34. The van der Waals surface area contributed by atoms with Gasteiger partial charge >= 0.3 is 12.2 Å². The van der Waals surface area contributed by atoms with Crippen LogP contribution in [-0.2, 0) is 9.47 Å². The maximum absolute atomic E-state index is 11.7. The maximum atomic E-state index is 11.7. The van der Waals surface area contributed by atoms with Gasteiger partial charge in [0, 0.05) is 32.2 Å². The number of nitrogens with two attached hydrogens (primary N) is 3. The van der Waals surface area contributed by atoms with Gasteiger partial charge < -0.3 is 41.8 Å². The van der Waals surface area contributed by atoms with Crippen molar-refractivity contribution in [3.8, 4) is 0 Å². The van der Waals surface area contributed by atoms with Crippen molar-refractivity contribution in [2.75, 3.05) is 43.0 Å². The lowest BCUT2D eigenvalue weighted by atomic mass is 10.1. The number of likely N-dealkylation sites (tertiary alicyclic amines) is 2. The molecule has 41 heavy (non-hydrogen) atoms. The summed E-state index contributed by atoms with van der Waals surface area (Å²) in [7, 11) is 0. The van der Waals surface area contributed by atoms with Gasteiger partial charge in [-0.1, -0.05) is 23.2 Å². The van der Waals surface area contributed by atoms with Gasteiger partial charge in [-0.05, 0) is 53.1 Å². The lowest BCUT2D eigenvalue weighted by Gasteiger charge is -2.39. The van der Waals surface area contributed by atoms with Crippen LogP contribution in [0.25, 0.3) is 0 Å². The topological polar surface area (TPSA) is 227 Å². The highest BCUT2D eigenvalue weighted by molar-refractivity contribution is 6.32. The van der Waals surface area contributed by atoms with Crippen molar-refractivity contribution in [3.05, 3.63) is 15.6 Å². The summed E-state index contributed by atoms with van der Waals surface area (Å²) in [6, 6.07) is 0.183. The van der Waals surface area contributed by atoms with E-state index in [1.807, 2.05) is 41.5 Å². The molecular weight excluding hydrogens is 603 g/mol. The van der Waals surface area contributed by atoms with E-state index in [0.717, 1.165) is 0 Å². The Morgan fingerprint density at radius 3 is 1.61 bits per heavy atom. The van der Waals surface area contributed by atoms with E-state index in [0.29, 0.717) is 32.1 Å². The quantitative estimate of drug-likeness (QED) is 0.371. The predicted octanol–water partition coefficient (Wildman–Crippen LogP) is 2.46. The van der Waals surface area contributed by atoms with E-state index < -0.39 is 11.2 Å². The van der Waals surface area contributed by atoms with Crippen LogP contribution in [0.4, 0.5) is 27.2 Å². The first-order valence-electron chi connectivity index (χ1n) is 12.3. The van der Waals surface area contributed by atoms with Crippen molar-refractivity contribution in [3.63, 3.8) is 0 Å². The molecule has 0 radical (unpaired) electrons. The van der Waals surface area contributed by atoms with E-state index in [1.54, 1.807) is 9.80 Å². The summed E-state index contributed by atoms with van der Waals surface area (Å²) in [4.78, 5) is 33.6. The van der Waals surface area contributed by atoms with E-state index in [-0.39, 0.29) is 51.5 Å². The lowest BCUT2D eigenvalue weighted by molar-refractivity contribution is 0.00845. The first kappa shape index (κ1) is 34.0. The molecule has 2 aliphatic rings. The van der Waals surface area contributed by atoms with Gasteiger partial charge in [-0.2, -0.15) is 9.97 Å². The molecule has 2 aromatic rings. The number of ether oxygens (including phenoxy) is 2. The highest BCUT2D eigenvalue weighted by atomic mass is 35.5. The van der Waals surface area contributed by atoms with E-state index in [2.05, 4.69) is 35.7 Å². The molecule has 19 heteroatoms. The molecular formula is C22H35Cl3N12O4. The number of carbonyl (C=O) groups is 2.